The van der Waals surface area contributed by atoms with Gasteiger partial charge in [0.2, 0.25) is 5.91 Å². The van der Waals surface area contributed by atoms with Crippen molar-refractivity contribution in [2.75, 3.05) is 31.1 Å². The second-order valence-corrected chi connectivity index (χ2v) is 5.45. The topological polar surface area (TPSA) is 69.6 Å². The van der Waals surface area contributed by atoms with Crippen LogP contribution in [0.1, 0.15) is 20.3 Å². The van der Waals surface area contributed by atoms with E-state index in [9.17, 15) is 9.90 Å². The van der Waals surface area contributed by atoms with Crippen LogP contribution in [0.25, 0.3) is 0 Å². The molecule has 110 valence electrons. The van der Waals surface area contributed by atoms with Crippen LogP contribution < -0.4 is 4.90 Å². The van der Waals surface area contributed by atoms with Gasteiger partial charge >= 0.3 is 0 Å². The van der Waals surface area contributed by atoms with Crippen LogP contribution in [0, 0.1) is 5.92 Å². The largest absolute Gasteiger partial charge is 0.392 e. The number of piperazine rings is 1. The number of carbonyl (C=O) groups excluding carboxylic acids is 1. The van der Waals surface area contributed by atoms with Gasteiger partial charge in [0.15, 0.2) is 0 Å². The molecule has 0 aliphatic carbocycles. The smallest absolute Gasteiger partial charge is 0.225 e. The summed E-state index contributed by atoms with van der Waals surface area (Å²) >= 11 is 0. The van der Waals surface area contributed by atoms with E-state index < -0.39 is 6.10 Å². The average Bonchev–Trinajstić information content (AvgIpc) is 2.48. The van der Waals surface area contributed by atoms with E-state index in [-0.39, 0.29) is 18.2 Å². The Morgan fingerprint density at radius 1 is 1.30 bits per heavy atom. The van der Waals surface area contributed by atoms with E-state index in [0.29, 0.717) is 13.1 Å². The fourth-order valence-corrected chi connectivity index (χ4v) is 2.18. The molecule has 1 N–H and O–H groups in total. The van der Waals surface area contributed by atoms with Crippen molar-refractivity contribution >= 4 is 11.7 Å². The van der Waals surface area contributed by atoms with Crippen LogP contribution in [0.5, 0.6) is 0 Å². The summed E-state index contributed by atoms with van der Waals surface area (Å²) in [7, 11) is 0. The highest BCUT2D eigenvalue weighted by molar-refractivity contribution is 5.77. The second kappa shape index (κ2) is 6.65. The third kappa shape index (κ3) is 3.66. The van der Waals surface area contributed by atoms with Crippen molar-refractivity contribution in [1.29, 1.82) is 0 Å². The predicted molar refractivity (Wildman–Crippen MR) is 76.3 cm³/mol. The first-order valence-corrected chi connectivity index (χ1v) is 7.04. The Morgan fingerprint density at radius 2 is 2.00 bits per heavy atom. The number of anilines is 1. The minimum atomic E-state index is -0.555. The van der Waals surface area contributed by atoms with Crippen molar-refractivity contribution in [3.63, 3.8) is 0 Å². The molecule has 0 bridgehead atoms. The highest BCUT2D eigenvalue weighted by Crippen LogP contribution is 2.13. The number of hydrogen-bond donors (Lipinski definition) is 1. The van der Waals surface area contributed by atoms with E-state index in [4.69, 9.17) is 0 Å². The number of hydrogen-bond acceptors (Lipinski definition) is 5. The quantitative estimate of drug-likeness (QED) is 0.870. The first kappa shape index (κ1) is 14.7. The maximum absolute atomic E-state index is 12.1. The lowest BCUT2D eigenvalue weighted by molar-refractivity contribution is -0.134. The van der Waals surface area contributed by atoms with Crippen LogP contribution in [0.15, 0.2) is 18.6 Å². The highest BCUT2D eigenvalue weighted by Gasteiger charge is 2.24. The second-order valence-electron chi connectivity index (χ2n) is 5.45. The van der Waals surface area contributed by atoms with Gasteiger partial charge in [0.1, 0.15) is 5.82 Å². The average molecular weight is 278 g/mol. The number of aliphatic hydroxyl groups is 1. The van der Waals surface area contributed by atoms with Crippen LogP contribution in [-0.2, 0) is 4.79 Å². The molecule has 2 rings (SSSR count). The van der Waals surface area contributed by atoms with Gasteiger partial charge in [-0.1, -0.05) is 13.8 Å². The molecule has 20 heavy (non-hydrogen) atoms. The van der Waals surface area contributed by atoms with E-state index in [1.54, 1.807) is 18.6 Å². The van der Waals surface area contributed by atoms with E-state index in [1.165, 1.54) is 0 Å². The summed E-state index contributed by atoms with van der Waals surface area (Å²) in [6.45, 7) is 6.68. The molecule has 1 aromatic rings. The molecule has 0 spiro atoms. The molecule has 6 heteroatoms. The number of carbonyl (C=O) groups is 1. The third-order valence-corrected chi connectivity index (χ3v) is 3.66. The zero-order valence-corrected chi connectivity index (χ0v) is 12.1. The van der Waals surface area contributed by atoms with Gasteiger partial charge in [-0.25, -0.2) is 4.98 Å². The molecule has 1 aromatic heterocycles. The zero-order valence-electron chi connectivity index (χ0n) is 12.1. The SMILES string of the molecule is CC(C)C(O)CC(=O)N1CCN(c2cnccn2)CC1. The van der Waals surface area contributed by atoms with Crippen molar-refractivity contribution < 1.29 is 9.90 Å². The molecule has 1 unspecified atom stereocenters. The van der Waals surface area contributed by atoms with Gasteiger partial charge in [0, 0.05) is 38.6 Å². The number of aromatic nitrogens is 2. The molecular formula is C14H22N4O2. The summed E-state index contributed by atoms with van der Waals surface area (Å²) in [6.07, 6.45) is 4.71. The van der Waals surface area contributed by atoms with Crippen LogP contribution in [0.3, 0.4) is 0 Å². The summed E-state index contributed by atoms with van der Waals surface area (Å²) in [5.74, 6) is 0.992. The van der Waals surface area contributed by atoms with Crippen molar-refractivity contribution in [3.8, 4) is 0 Å². The van der Waals surface area contributed by atoms with Gasteiger partial charge in [0.25, 0.3) is 0 Å². The molecule has 0 radical (unpaired) electrons. The zero-order chi connectivity index (χ0) is 14.5. The normalized spacial score (nSPS) is 17.4. The molecule has 1 amide bonds. The van der Waals surface area contributed by atoms with Crippen molar-refractivity contribution in [2.45, 2.75) is 26.4 Å². The summed E-state index contributed by atoms with van der Waals surface area (Å²) in [6, 6.07) is 0. The molecule has 1 aliphatic rings. The summed E-state index contributed by atoms with van der Waals surface area (Å²) in [5.41, 5.74) is 0. The van der Waals surface area contributed by atoms with Crippen LogP contribution in [0.2, 0.25) is 0 Å². The monoisotopic (exact) mass is 278 g/mol. The maximum atomic E-state index is 12.1. The lowest BCUT2D eigenvalue weighted by Gasteiger charge is -2.35. The Hall–Kier alpha value is -1.69. The van der Waals surface area contributed by atoms with Crippen molar-refractivity contribution in [3.05, 3.63) is 18.6 Å². The van der Waals surface area contributed by atoms with Crippen LogP contribution in [0.4, 0.5) is 5.82 Å². The predicted octanol–water partition coefficient (Wildman–Crippen LogP) is 0.532. The van der Waals surface area contributed by atoms with Gasteiger partial charge in [-0.2, -0.15) is 0 Å². The van der Waals surface area contributed by atoms with Gasteiger partial charge in [0.05, 0.1) is 18.7 Å². The highest BCUT2D eigenvalue weighted by atomic mass is 16.3. The molecule has 1 fully saturated rings. The molecule has 2 heterocycles. The van der Waals surface area contributed by atoms with Gasteiger partial charge in [-0.15, -0.1) is 0 Å². The lowest BCUT2D eigenvalue weighted by atomic mass is 10.0. The van der Waals surface area contributed by atoms with Crippen molar-refractivity contribution in [1.82, 2.24) is 14.9 Å². The maximum Gasteiger partial charge on any atom is 0.225 e. The summed E-state index contributed by atoms with van der Waals surface area (Å²) in [4.78, 5) is 24.3. The molecular weight excluding hydrogens is 256 g/mol. The molecule has 1 saturated heterocycles. The Balaban J connectivity index is 1.84. The molecule has 0 aromatic carbocycles. The van der Waals surface area contributed by atoms with Crippen molar-refractivity contribution in [2.24, 2.45) is 5.92 Å². The first-order valence-electron chi connectivity index (χ1n) is 7.04. The minimum Gasteiger partial charge on any atom is -0.392 e. The molecule has 1 atom stereocenters. The van der Waals surface area contributed by atoms with E-state index in [2.05, 4.69) is 14.9 Å². The number of rotatable bonds is 4. The molecule has 1 aliphatic heterocycles. The van der Waals surface area contributed by atoms with Crippen LogP contribution in [-0.4, -0.2) is 58.2 Å². The van der Waals surface area contributed by atoms with E-state index in [0.717, 1.165) is 18.9 Å². The van der Waals surface area contributed by atoms with Crippen LogP contribution >= 0.6 is 0 Å². The standard InChI is InChI=1S/C14H22N4O2/c1-11(2)12(19)9-14(20)18-7-5-17(6-8-18)13-10-15-3-4-16-13/h3-4,10-12,19H,5-9H2,1-2H3. The first-order chi connectivity index (χ1) is 9.58. The van der Waals surface area contributed by atoms with Gasteiger partial charge in [-0.3, -0.25) is 9.78 Å². The Kier molecular flexibility index (Phi) is 4.89. The summed E-state index contributed by atoms with van der Waals surface area (Å²) in [5, 5.41) is 9.78. The number of aliphatic hydroxyl groups excluding tert-OH is 1. The Morgan fingerprint density at radius 3 is 2.55 bits per heavy atom. The van der Waals surface area contributed by atoms with Gasteiger partial charge in [-0.05, 0) is 5.92 Å². The Bertz CT molecular complexity index is 430. The van der Waals surface area contributed by atoms with E-state index in [1.807, 2.05) is 18.7 Å². The Labute approximate surface area is 119 Å². The minimum absolute atomic E-state index is 0.0324. The fraction of sp³-hybridized carbons (Fsp3) is 0.643. The lowest BCUT2D eigenvalue weighted by Crippen LogP contribution is -2.49. The molecule has 6 nitrogen and oxygen atoms in total. The number of amides is 1. The summed E-state index contributed by atoms with van der Waals surface area (Å²) < 4.78 is 0. The molecule has 0 saturated carbocycles. The van der Waals surface area contributed by atoms with Gasteiger partial charge < -0.3 is 14.9 Å². The number of nitrogens with zero attached hydrogens (tertiary/aromatic N) is 4. The third-order valence-electron chi connectivity index (χ3n) is 3.66. The van der Waals surface area contributed by atoms with E-state index >= 15 is 0 Å². The fourth-order valence-electron chi connectivity index (χ4n) is 2.18.